The average molecular weight is 459 g/mol. The fraction of sp³-hybridized carbons (Fsp3) is 0.433. The molecule has 1 amide bonds. The van der Waals surface area contributed by atoms with Gasteiger partial charge >= 0.3 is 0 Å². The van der Waals surface area contributed by atoms with Gasteiger partial charge in [0, 0.05) is 24.7 Å². The first-order valence-corrected chi connectivity index (χ1v) is 13.0. The summed E-state index contributed by atoms with van der Waals surface area (Å²) < 4.78 is 13.5. The zero-order valence-electron chi connectivity index (χ0n) is 20.0. The quantitative estimate of drug-likeness (QED) is 0.407. The Bertz CT molecular complexity index is 1090. The molecule has 0 bridgehead atoms. The predicted octanol–water partition coefficient (Wildman–Crippen LogP) is 6.77. The first-order valence-electron chi connectivity index (χ1n) is 13.0. The number of hydrogen-bond donors (Lipinski definition) is 0. The van der Waals surface area contributed by atoms with Gasteiger partial charge in [-0.25, -0.2) is 4.39 Å². The lowest BCUT2D eigenvalue weighted by molar-refractivity contribution is -0.123. The van der Waals surface area contributed by atoms with Gasteiger partial charge in [0.05, 0.1) is 0 Å². The van der Waals surface area contributed by atoms with Gasteiger partial charge in [0.15, 0.2) is 0 Å². The molecule has 0 atom stereocenters. The largest absolute Gasteiger partial charge is 0.311 e. The Kier molecular flexibility index (Phi) is 7.24. The second-order valence-corrected chi connectivity index (χ2v) is 9.99. The van der Waals surface area contributed by atoms with Crippen LogP contribution in [0.3, 0.4) is 0 Å². The van der Waals surface area contributed by atoms with Crippen molar-refractivity contribution in [1.82, 2.24) is 4.90 Å². The van der Waals surface area contributed by atoms with E-state index in [1.165, 1.54) is 34.9 Å². The summed E-state index contributed by atoms with van der Waals surface area (Å²) in [6.45, 7) is 3.61. The number of halogens is 1. The minimum Gasteiger partial charge on any atom is -0.311 e. The van der Waals surface area contributed by atoms with Crippen molar-refractivity contribution in [2.24, 2.45) is 5.92 Å². The molecule has 0 radical (unpaired) electrons. The first-order chi connectivity index (χ1) is 16.7. The molecule has 1 saturated heterocycles. The average Bonchev–Trinajstić information content (AvgIpc) is 2.90. The van der Waals surface area contributed by atoms with Crippen LogP contribution in [0.2, 0.25) is 0 Å². The molecule has 5 rings (SSSR count). The van der Waals surface area contributed by atoms with E-state index < -0.39 is 0 Å². The van der Waals surface area contributed by atoms with Crippen molar-refractivity contribution < 1.29 is 9.18 Å². The van der Waals surface area contributed by atoms with Crippen LogP contribution in [0.1, 0.15) is 56.4 Å². The van der Waals surface area contributed by atoms with Crippen LogP contribution in [-0.4, -0.2) is 37.0 Å². The summed E-state index contributed by atoms with van der Waals surface area (Å²) in [5, 5.41) is 2.70. The van der Waals surface area contributed by atoms with Crippen LogP contribution in [0.4, 0.5) is 10.1 Å². The number of likely N-dealkylation sites (tertiary alicyclic amines) is 1. The monoisotopic (exact) mass is 458 g/mol. The molecule has 0 N–H and O–H groups in total. The van der Waals surface area contributed by atoms with E-state index in [0.717, 1.165) is 63.8 Å². The highest BCUT2D eigenvalue weighted by atomic mass is 19.1. The Morgan fingerprint density at radius 1 is 0.853 bits per heavy atom. The Morgan fingerprint density at radius 3 is 2.32 bits per heavy atom. The molecule has 178 valence electrons. The zero-order chi connectivity index (χ0) is 23.3. The number of carbonyl (C=O) groups excluding carboxylic acids is 1. The maximum Gasteiger partial charge on any atom is 0.230 e. The van der Waals surface area contributed by atoms with E-state index >= 15 is 0 Å². The molecule has 4 heteroatoms. The molecule has 3 aromatic carbocycles. The van der Waals surface area contributed by atoms with E-state index in [0.29, 0.717) is 12.5 Å². The topological polar surface area (TPSA) is 23.6 Å². The van der Waals surface area contributed by atoms with E-state index in [-0.39, 0.29) is 17.6 Å². The molecule has 2 aliphatic rings. The smallest absolute Gasteiger partial charge is 0.230 e. The van der Waals surface area contributed by atoms with Gasteiger partial charge < -0.3 is 9.80 Å². The Hall–Kier alpha value is -2.72. The number of carbonyl (C=O) groups is 1. The van der Waals surface area contributed by atoms with Crippen molar-refractivity contribution in [2.75, 3.05) is 31.1 Å². The lowest BCUT2D eigenvalue weighted by Gasteiger charge is -2.35. The molecule has 1 aliphatic heterocycles. The minimum absolute atomic E-state index is 0.107. The van der Waals surface area contributed by atoms with E-state index in [1.54, 1.807) is 12.1 Å². The second kappa shape index (κ2) is 10.7. The van der Waals surface area contributed by atoms with Gasteiger partial charge in [-0.2, -0.15) is 0 Å². The molecule has 1 aliphatic carbocycles. The van der Waals surface area contributed by atoms with Crippen LogP contribution >= 0.6 is 0 Å². The number of piperidine rings is 1. The van der Waals surface area contributed by atoms with Gasteiger partial charge in [0.25, 0.3) is 0 Å². The van der Waals surface area contributed by atoms with Gasteiger partial charge in [0.1, 0.15) is 5.82 Å². The summed E-state index contributed by atoms with van der Waals surface area (Å²) in [7, 11) is 0. The standard InChI is InChI=1S/C30H35FN2O/c31-26-13-15-27(16-14-26)33(30(34)25-8-2-1-3-9-25)22-21-32-19-17-24(18-20-32)29-12-6-10-23-7-4-5-11-28(23)29/h4-7,10-16,24-25H,1-3,8-9,17-22H2. The number of amides is 1. The Morgan fingerprint density at radius 2 is 1.56 bits per heavy atom. The van der Waals surface area contributed by atoms with Gasteiger partial charge in [-0.3, -0.25) is 4.79 Å². The molecule has 1 saturated carbocycles. The normalized spacial score (nSPS) is 18.3. The minimum atomic E-state index is -0.260. The SMILES string of the molecule is O=C(C1CCCCC1)N(CCN1CCC(c2cccc3ccccc23)CC1)c1ccc(F)cc1. The number of rotatable bonds is 6. The van der Waals surface area contributed by atoms with Crippen LogP contribution in [-0.2, 0) is 4.79 Å². The van der Waals surface area contributed by atoms with Crippen molar-refractivity contribution in [2.45, 2.75) is 50.9 Å². The summed E-state index contributed by atoms with van der Waals surface area (Å²) in [5.41, 5.74) is 2.29. The fourth-order valence-corrected chi connectivity index (χ4v) is 5.87. The fourth-order valence-electron chi connectivity index (χ4n) is 5.87. The molecule has 0 spiro atoms. The lowest BCUT2D eigenvalue weighted by atomic mass is 9.86. The van der Waals surface area contributed by atoms with Gasteiger partial charge in [-0.05, 0) is 85.3 Å². The molecule has 2 fully saturated rings. The number of nitrogens with zero attached hydrogens (tertiary/aromatic N) is 2. The van der Waals surface area contributed by atoms with E-state index in [9.17, 15) is 9.18 Å². The molecule has 3 nitrogen and oxygen atoms in total. The Balaban J connectivity index is 1.23. The molecular formula is C30H35FN2O. The van der Waals surface area contributed by atoms with Crippen LogP contribution in [0.25, 0.3) is 10.8 Å². The molecule has 0 unspecified atom stereocenters. The van der Waals surface area contributed by atoms with E-state index in [2.05, 4.69) is 47.4 Å². The summed E-state index contributed by atoms with van der Waals surface area (Å²) >= 11 is 0. The van der Waals surface area contributed by atoms with E-state index in [4.69, 9.17) is 0 Å². The highest BCUT2D eigenvalue weighted by molar-refractivity contribution is 5.95. The van der Waals surface area contributed by atoms with Crippen molar-refractivity contribution in [3.8, 4) is 0 Å². The maximum absolute atomic E-state index is 13.5. The summed E-state index contributed by atoms with van der Waals surface area (Å²) in [6.07, 6.45) is 7.73. The molecule has 1 heterocycles. The van der Waals surface area contributed by atoms with Crippen molar-refractivity contribution >= 4 is 22.4 Å². The highest BCUT2D eigenvalue weighted by Gasteiger charge is 2.28. The van der Waals surface area contributed by atoms with Crippen LogP contribution in [0.15, 0.2) is 66.7 Å². The van der Waals surface area contributed by atoms with Crippen LogP contribution in [0.5, 0.6) is 0 Å². The number of anilines is 1. The van der Waals surface area contributed by atoms with Crippen molar-refractivity contribution in [1.29, 1.82) is 0 Å². The van der Waals surface area contributed by atoms with Gasteiger partial charge in [-0.15, -0.1) is 0 Å². The Labute approximate surface area is 202 Å². The van der Waals surface area contributed by atoms with Gasteiger partial charge in [0.2, 0.25) is 5.91 Å². The van der Waals surface area contributed by atoms with Crippen LogP contribution in [0, 0.1) is 11.7 Å². The van der Waals surface area contributed by atoms with Crippen molar-refractivity contribution in [3.63, 3.8) is 0 Å². The number of hydrogen-bond acceptors (Lipinski definition) is 2. The molecule has 34 heavy (non-hydrogen) atoms. The highest BCUT2D eigenvalue weighted by Crippen LogP contribution is 2.33. The number of fused-ring (bicyclic) bond motifs is 1. The zero-order valence-corrected chi connectivity index (χ0v) is 20.0. The predicted molar refractivity (Wildman–Crippen MR) is 138 cm³/mol. The lowest BCUT2D eigenvalue weighted by Crippen LogP contribution is -2.44. The summed E-state index contributed by atoms with van der Waals surface area (Å²) in [5.74, 6) is 0.650. The molecule has 0 aromatic heterocycles. The molecule has 3 aromatic rings. The summed E-state index contributed by atoms with van der Waals surface area (Å²) in [4.78, 5) is 17.8. The first kappa shape index (κ1) is 23.0. The molecular weight excluding hydrogens is 423 g/mol. The maximum atomic E-state index is 13.5. The van der Waals surface area contributed by atoms with Gasteiger partial charge in [-0.1, -0.05) is 61.7 Å². The van der Waals surface area contributed by atoms with E-state index in [1.807, 2.05) is 4.90 Å². The van der Waals surface area contributed by atoms with Crippen molar-refractivity contribution in [3.05, 3.63) is 78.1 Å². The van der Waals surface area contributed by atoms with Crippen LogP contribution < -0.4 is 4.90 Å². The third kappa shape index (κ3) is 5.17. The third-order valence-corrected chi connectivity index (χ3v) is 7.85. The summed E-state index contributed by atoms with van der Waals surface area (Å²) in [6, 6.07) is 21.8. The number of benzene rings is 3. The second-order valence-electron chi connectivity index (χ2n) is 9.99. The third-order valence-electron chi connectivity index (χ3n) is 7.85.